The first-order chi connectivity index (χ1) is 9.81. The van der Waals surface area contributed by atoms with Crippen LogP contribution in [0.1, 0.15) is 5.69 Å². The molecule has 2 rings (SSSR count). The number of hydrogen-bond acceptors (Lipinski definition) is 6. The Hall–Kier alpha value is -1.79. The van der Waals surface area contributed by atoms with E-state index in [2.05, 4.69) is 10.3 Å². The van der Waals surface area contributed by atoms with Crippen LogP contribution in [0.15, 0.2) is 29.6 Å². The highest BCUT2D eigenvalue weighted by Crippen LogP contribution is 2.17. The number of anilines is 1. The summed E-state index contributed by atoms with van der Waals surface area (Å²) in [5.41, 5.74) is 6.53. The van der Waals surface area contributed by atoms with Crippen molar-refractivity contribution in [2.24, 2.45) is 5.73 Å². The lowest BCUT2D eigenvalue weighted by Crippen LogP contribution is -2.11. The van der Waals surface area contributed by atoms with Gasteiger partial charge in [0.05, 0.1) is 19.3 Å². The molecule has 0 spiro atoms. The van der Waals surface area contributed by atoms with Gasteiger partial charge in [0.25, 0.3) is 0 Å². The fourth-order valence-electron chi connectivity index (χ4n) is 1.65. The van der Waals surface area contributed by atoms with Gasteiger partial charge in [0.1, 0.15) is 18.1 Å². The van der Waals surface area contributed by atoms with E-state index >= 15 is 0 Å². The van der Waals surface area contributed by atoms with Crippen LogP contribution in [0.3, 0.4) is 0 Å². The number of ether oxygens (including phenoxy) is 2. The maximum absolute atomic E-state index is 5.62. The van der Waals surface area contributed by atoms with Gasteiger partial charge >= 0.3 is 0 Å². The molecule has 108 valence electrons. The molecule has 0 saturated heterocycles. The predicted octanol–water partition coefficient (Wildman–Crippen LogP) is 2.14. The molecule has 5 nitrogen and oxygen atoms in total. The smallest absolute Gasteiger partial charge is 0.182 e. The maximum Gasteiger partial charge on any atom is 0.182 e. The van der Waals surface area contributed by atoms with Crippen LogP contribution in [0.2, 0.25) is 0 Å². The molecule has 0 bridgehead atoms. The van der Waals surface area contributed by atoms with Crippen LogP contribution in [-0.4, -0.2) is 31.8 Å². The van der Waals surface area contributed by atoms with Crippen molar-refractivity contribution in [1.82, 2.24) is 4.98 Å². The third kappa shape index (κ3) is 4.40. The Morgan fingerprint density at radius 3 is 2.70 bits per heavy atom. The minimum absolute atomic E-state index is 0.581. The predicted molar refractivity (Wildman–Crippen MR) is 81.9 cm³/mol. The van der Waals surface area contributed by atoms with Crippen LogP contribution in [0.25, 0.3) is 0 Å². The lowest BCUT2D eigenvalue weighted by atomic mass is 10.3. The molecule has 0 radical (unpaired) electrons. The third-order valence-corrected chi connectivity index (χ3v) is 3.51. The van der Waals surface area contributed by atoms with E-state index in [4.69, 9.17) is 15.2 Å². The second kappa shape index (κ2) is 7.72. The summed E-state index contributed by atoms with van der Waals surface area (Å²) in [6, 6.07) is 7.54. The van der Waals surface area contributed by atoms with Crippen LogP contribution >= 0.6 is 11.3 Å². The van der Waals surface area contributed by atoms with Gasteiger partial charge in [-0.15, -0.1) is 11.3 Å². The summed E-state index contributed by atoms with van der Waals surface area (Å²) in [5, 5.41) is 6.17. The first kappa shape index (κ1) is 14.6. The van der Waals surface area contributed by atoms with E-state index in [0.29, 0.717) is 19.7 Å². The summed E-state index contributed by atoms with van der Waals surface area (Å²) >= 11 is 1.59. The molecule has 0 unspecified atom stereocenters. The lowest BCUT2D eigenvalue weighted by Gasteiger charge is -2.07. The Morgan fingerprint density at radius 2 is 2.00 bits per heavy atom. The van der Waals surface area contributed by atoms with Gasteiger partial charge in [0.2, 0.25) is 0 Å². The van der Waals surface area contributed by atoms with Crippen molar-refractivity contribution in [2.45, 2.75) is 6.42 Å². The summed E-state index contributed by atoms with van der Waals surface area (Å²) in [5.74, 6) is 1.65. The van der Waals surface area contributed by atoms with E-state index < -0.39 is 0 Å². The van der Waals surface area contributed by atoms with Crippen molar-refractivity contribution in [3.63, 3.8) is 0 Å². The first-order valence-corrected chi connectivity index (χ1v) is 7.35. The fraction of sp³-hybridized carbons (Fsp3) is 0.357. The van der Waals surface area contributed by atoms with Gasteiger partial charge in [-0.3, -0.25) is 0 Å². The molecule has 20 heavy (non-hydrogen) atoms. The highest BCUT2D eigenvalue weighted by atomic mass is 32.1. The average Bonchev–Trinajstić information content (AvgIpc) is 2.92. The summed E-state index contributed by atoms with van der Waals surface area (Å²) in [7, 11) is 1.65. The summed E-state index contributed by atoms with van der Waals surface area (Å²) in [6.07, 6.45) is 0.820. The monoisotopic (exact) mass is 293 g/mol. The van der Waals surface area contributed by atoms with Crippen molar-refractivity contribution in [3.05, 3.63) is 35.3 Å². The van der Waals surface area contributed by atoms with E-state index in [1.165, 1.54) is 0 Å². The zero-order chi connectivity index (χ0) is 14.2. The van der Waals surface area contributed by atoms with E-state index in [0.717, 1.165) is 28.7 Å². The second-order valence-electron chi connectivity index (χ2n) is 4.13. The maximum atomic E-state index is 5.62. The third-order valence-electron chi connectivity index (χ3n) is 2.66. The van der Waals surface area contributed by atoms with Crippen molar-refractivity contribution in [2.75, 3.05) is 32.1 Å². The molecule has 0 fully saturated rings. The molecule has 2 aromatic rings. The molecule has 0 atom stereocenters. The summed E-state index contributed by atoms with van der Waals surface area (Å²) < 4.78 is 10.7. The van der Waals surface area contributed by atoms with Gasteiger partial charge < -0.3 is 20.5 Å². The molecular formula is C14H19N3O2S. The molecule has 1 aromatic carbocycles. The number of methoxy groups -OCH3 is 1. The molecule has 0 aliphatic heterocycles. The van der Waals surface area contributed by atoms with Gasteiger partial charge in [-0.25, -0.2) is 4.98 Å². The van der Waals surface area contributed by atoms with Crippen LogP contribution in [-0.2, 0) is 6.42 Å². The zero-order valence-electron chi connectivity index (χ0n) is 11.5. The van der Waals surface area contributed by atoms with Gasteiger partial charge in [0.15, 0.2) is 5.13 Å². The first-order valence-electron chi connectivity index (χ1n) is 6.47. The number of benzene rings is 1. The molecule has 1 aromatic heterocycles. The largest absolute Gasteiger partial charge is 0.497 e. The number of thiazole rings is 1. The fourth-order valence-corrected chi connectivity index (χ4v) is 2.42. The molecule has 0 aliphatic carbocycles. The van der Waals surface area contributed by atoms with Gasteiger partial charge in [-0.05, 0) is 30.8 Å². The quantitative estimate of drug-likeness (QED) is 0.730. The number of aromatic nitrogens is 1. The van der Waals surface area contributed by atoms with E-state index in [9.17, 15) is 0 Å². The number of nitrogens with one attached hydrogen (secondary N) is 1. The van der Waals surface area contributed by atoms with Crippen molar-refractivity contribution >= 4 is 16.5 Å². The Morgan fingerprint density at radius 1 is 1.25 bits per heavy atom. The average molecular weight is 293 g/mol. The highest BCUT2D eigenvalue weighted by Gasteiger charge is 2.00. The zero-order valence-corrected chi connectivity index (χ0v) is 12.3. The number of nitrogens with zero attached hydrogens (tertiary/aromatic N) is 1. The lowest BCUT2D eigenvalue weighted by molar-refractivity contribution is 0.331. The van der Waals surface area contributed by atoms with Gasteiger partial charge in [-0.1, -0.05) is 0 Å². The van der Waals surface area contributed by atoms with Crippen molar-refractivity contribution in [1.29, 1.82) is 0 Å². The summed E-state index contributed by atoms with van der Waals surface area (Å²) in [4.78, 5) is 4.42. The Kier molecular flexibility index (Phi) is 5.64. The molecule has 0 amide bonds. The standard InChI is InChI=1S/C14H19N3O2S/c1-18-12-2-4-13(5-3-12)19-9-8-16-14-17-11(6-7-15)10-20-14/h2-5,10H,6-9,15H2,1H3,(H,16,17). The van der Waals surface area contributed by atoms with Gasteiger partial charge in [0, 0.05) is 11.8 Å². The molecule has 6 heteroatoms. The molecule has 1 heterocycles. The van der Waals surface area contributed by atoms with Crippen molar-refractivity contribution in [3.8, 4) is 11.5 Å². The Balaban J connectivity index is 1.69. The Bertz CT molecular complexity index is 513. The number of nitrogens with two attached hydrogens (primary N) is 1. The van der Waals surface area contributed by atoms with E-state index in [-0.39, 0.29) is 0 Å². The van der Waals surface area contributed by atoms with Crippen LogP contribution in [0.5, 0.6) is 11.5 Å². The van der Waals surface area contributed by atoms with Crippen LogP contribution in [0.4, 0.5) is 5.13 Å². The molecule has 3 N–H and O–H groups in total. The topological polar surface area (TPSA) is 69.4 Å². The van der Waals surface area contributed by atoms with Gasteiger partial charge in [-0.2, -0.15) is 0 Å². The van der Waals surface area contributed by atoms with E-state index in [1.807, 2.05) is 29.6 Å². The SMILES string of the molecule is COc1ccc(OCCNc2nc(CCN)cs2)cc1. The number of hydrogen-bond donors (Lipinski definition) is 2. The van der Waals surface area contributed by atoms with Crippen molar-refractivity contribution < 1.29 is 9.47 Å². The van der Waals surface area contributed by atoms with E-state index in [1.54, 1.807) is 18.4 Å². The molecular weight excluding hydrogens is 274 g/mol. The van der Waals surface area contributed by atoms with Crippen LogP contribution < -0.4 is 20.5 Å². The summed E-state index contributed by atoms with van der Waals surface area (Å²) in [6.45, 7) is 1.92. The normalized spacial score (nSPS) is 10.3. The second-order valence-corrected chi connectivity index (χ2v) is 4.99. The minimum Gasteiger partial charge on any atom is -0.497 e. The molecule has 0 saturated carbocycles. The minimum atomic E-state index is 0.581. The van der Waals surface area contributed by atoms with Crippen LogP contribution in [0, 0.1) is 0 Å². The Labute approximate surface area is 122 Å². The number of rotatable bonds is 8. The molecule has 0 aliphatic rings. The highest BCUT2D eigenvalue weighted by molar-refractivity contribution is 7.13.